The molecule has 2 N–H and O–H groups in total. The van der Waals surface area contributed by atoms with Gasteiger partial charge in [0.15, 0.2) is 6.29 Å². The summed E-state index contributed by atoms with van der Waals surface area (Å²) in [6.45, 7) is 5.22. The molecule has 0 aliphatic heterocycles. The molecule has 0 bridgehead atoms. The molecule has 1 aliphatic rings. The Labute approximate surface area is 132 Å². The summed E-state index contributed by atoms with van der Waals surface area (Å²) in [5, 5.41) is 2.82. The van der Waals surface area contributed by atoms with Gasteiger partial charge in [0.05, 0.1) is 5.02 Å². The first-order valence-electron chi connectivity index (χ1n) is 6.81. The second kappa shape index (κ2) is 5.64. The molecule has 1 fully saturated rings. The first-order chi connectivity index (χ1) is 10.2. The molecule has 0 aromatic carbocycles. The first kappa shape index (κ1) is 16.4. The largest absolute Gasteiger partial charge is 0.444 e. The Bertz CT molecular complexity index is 614. The molecule has 2 amide bonds. The van der Waals surface area contributed by atoms with Crippen LogP contribution in [0.25, 0.3) is 0 Å². The van der Waals surface area contributed by atoms with Gasteiger partial charge >= 0.3 is 6.09 Å². The van der Waals surface area contributed by atoms with Crippen molar-refractivity contribution in [3.05, 3.63) is 23.0 Å². The summed E-state index contributed by atoms with van der Waals surface area (Å²) in [4.78, 5) is 35.1. The van der Waals surface area contributed by atoms with Crippen molar-refractivity contribution in [2.45, 2.75) is 44.8 Å². The smallest absolute Gasteiger partial charge is 0.408 e. The molecular weight excluding hydrogens is 310 g/mol. The molecule has 120 valence electrons. The summed E-state index contributed by atoms with van der Waals surface area (Å²) in [7, 11) is 0. The number of rotatable bonds is 4. The van der Waals surface area contributed by atoms with E-state index in [2.05, 4.69) is 10.7 Å². The predicted molar refractivity (Wildman–Crippen MR) is 80.5 cm³/mol. The van der Waals surface area contributed by atoms with Crippen LogP contribution in [0.2, 0.25) is 5.02 Å². The number of ether oxygens (including phenoxy) is 1. The lowest BCUT2D eigenvalue weighted by Crippen LogP contribution is -2.49. The number of halogens is 1. The normalized spacial score (nSPS) is 15.8. The highest BCUT2D eigenvalue weighted by atomic mass is 35.5. The third-order valence-electron chi connectivity index (χ3n) is 3.13. The minimum atomic E-state index is -1.00. The molecule has 7 nitrogen and oxygen atoms in total. The number of nitrogens with zero attached hydrogens (tertiary/aromatic N) is 1. The summed E-state index contributed by atoms with van der Waals surface area (Å²) in [5.74, 6) is -0.422. The average molecular weight is 328 g/mol. The Morgan fingerprint density at radius 3 is 2.55 bits per heavy atom. The predicted octanol–water partition coefficient (Wildman–Crippen LogP) is 2.08. The van der Waals surface area contributed by atoms with E-state index in [4.69, 9.17) is 16.3 Å². The van der Waals surface area contributed by atoms with Crippen LogP contribution in [0.1, 0.15) is 44.1 Å². The number of amides is 2. The molecule has 1 heterocycles. The second-order valence-electron chi connectivity index (χ2n) is 6.19. The summed E-state index contributed by atoms with van der Waals surface area (Å²) < 4.78 is 6.38. The lowest BCUT2D eigenvalue weighted by Gasteiger charge is -2.23. The number of aldehydes is 1. The lowest BCUT2D eigenvalue weighted by molar-refractivity contribution is -0.120. The second-order valence-corrected chi connectivity index (χ2v) is 6.59. The number of nitrogens with one attached hydrogen (secondary N) is 2. The van der Waals surface area contributed by atoms with E-state index in [-0.39, 0.29) is 10.7 Å². The molecule has 1 aliphatic carbocycles. The van der Waals surface area contributed by atoms with Crippen molar-refractivity contribution in [1.82, 2.24) is 9.99 Å². The Morgan fingerprint density at radius 2 is 2.05 bits per heavy atom. The van der Waals surface area contributed by atoms with Crippen molar-refractivity contribution in [3.63, 3.8) is 0 Å². The number of hydrogen-bond donors (Lipinski definition) is 2. The van der Waals surface area contributed by atoms with Gasteiger partial charge < -0.3 is 10.1 Å². The molecule has 1 aromatic heterocycles. The van der Waals surface area contributed by atoms with Gasteiger partial charge in [0.25, 0.3) is 5.91 Å². The highest BCUT2D eigenvalue weighted by Gasteiger charge is 2.52. The lowest BCUT2D eigenvalue weighted by atomic mass is 10.2. The number of carbonyl (C=O) groups excluding carboxylic acids is 3. The molecular formula is C14H18ClN3O4. The maximum absolute atomic E-state index is 12.3. The van der Waals surface area contributed by atoms with Gasteiger partial charge in [0, 0.05) is 6.20 Å². The van der Waals surface area contributed by atoms with Crippen molar-refractivity contribution in [3.8, 4) is 0 Å². The molecule has 0 unspecified atom stereocenters. The highest BCUT2D eigenvalue weighted by Crippen LogP contribution is 2.36. The maximum atomic E-state index is 12.3. The van der Waals surface area contributed by atoms with Gasteiger partial charge in [-0.2, -0.15) is 0 Å². The van der Waals surface area contributed by atoms with Crippen LogP contribution in [0.15, 0.2) is 12.3 Å². The van der Waals surface area contributed by atoms with E-state index >= 15 is 0 Å². The van der Waals surface area contributed by atoms with E-state index in [1.807, 2.05) is 0 Å². The van der Waals surface area contributed by atoms with Gasteiger partial charge in [0.1, 0.15) is 16.8 Å². The van der Waals surface area contributed by atoms with E-state index in [1.54, 1.807) is 20.8 Å². The Hall–Kier alpha value is -2.02. The molecule has 2 rings (SSSR count). The molecule has 1 saturated carbocycles. The quantitative estimate of drug-likeness (QED) is 0.828. The summed E-state index contributed by atoms with van der Waals surface area (Å²) >= 11 is 5.82. The molecule has 8 heteroatoms. The van der Waals surface area contributed by atoms with Crippen molar-refractivity contribution in [2.75, 3.05) is 5.43 Å². The molecule has 1 aromatic rings. The minimum Gasteiger partial charge on any atom is -0.444 e. The van der Waals surface area contributed by atoms with Crippen LogP contribution in [0.3, 0.4) is 0 Å². The van der Waals surface area contributed by atoms with Gasteiger partial charge in [-0.15, -0.1) is 0 Å². The fourth-order valence-corrected chi connectivity index (χ4v) is 2.07. The maximum Gasteiger partial charge on any atom is 0.408 e. The monoisotopic (exact) mass is 327 g/mol. The highest BCUT2D eigenvalue weighted by molar-refractivity contribution is 6.32. The van der Waals surface area contributed by atoms with Crippen LogP contribution in [0.5, 0.6) is 0 Å². The Balaban J connectivity index is 2.03. The zero-order valence-electron chi connectivity index (χ0n) is 12.6. The van der Waals surface area contributed by atoms with E-state index < -0.39 is 23.1 Å². The SMILES string of the molecule is CC(C)(C)OC(=O)NC1(C(=O)Nn2ccc(Cl)c2C=O)CC1. The number of hydrogen-bond acceptors (Lipinski definition) is 4. The van der Waals surface area contributed by atoms with Crippen LogP contribution < -0.4 is 10.7 Å². The van der Waals surface area contributed by atoms with Crippen molar-refractivity contribution in [1.29, 1.82) is 0 Å². The first-order valence-corrected chi connectivity index (χ1v) is 7.19. The van der Waals surface area contributed by atoms with E-state index in [0.29, 0.717) is 19.1 Å². The van der Waals surface area contributed by atoms with E-state index in [9.17, 15) is 14.4 Å². The van der Waals surface area contributed by atoms with Crippen molar-refractivity contribution >= 4 is 29.9 Å². The molecule has 22 heavy (non-hydrogen) atoms. The molecule has 0 atom stereocenters. The number of aromatic nitrogens is 1. The standard InChI is InChI=1S/C14H18ClN3O4/c1-13(2,3)22-12(21)16-14(5-6-14)11(20)17-18-7-4-9(15)10(18)8-19/h4,7-8H,5-6H2,1-3H3,(H,16,21)(H,17,20). The van der Waals surface area contributed by atoms with Gasteiger partial charge in [0.2, 0.25) is 0 Å². The fourth-order valence-electron chi connectivity index (χ4n) is 1.88. The zero-order valence-corrected chi connectivity index (χ0v) is 13.4. The molecule has 0 radical (unpaired) electrons. The number of carbonyl (C=O) groups is 3. The number of alkyl carbamates (subject to hydrolysis) is 1. The van der Waals surface area contributed by atoms with Crippen LogP contribution in [0, 0.1) is 0 Å². The summed E-state index contributed by atoms with van der Waals surface area (Å²) in [5.41, 5.74) is 1.04. The van der Waals surface area contributed by atoms with Crippen LogP contribution in [0.4, 0.5) is 4.79 Å². The molecule has 0 spiro atoms. The molecule has 0 saturated heterocycles. The van der Waals surface area contributed by atoms with Gasteiger partial charge in [-0.1, -0.05) is 11.6 Å². The fraction of sp³-hybridized carbons (Fsp3) is 0.500. The van der Waals surface area contributed by atoms with Gasteiger partial charge in [-0.05, 0) is 39.7 Å². The summed E-state index contributed by atoms with van der Waals surface area (Å²) in [6, 6.07) is 1.49. The van der Waals surface area contributed by atoms with Gasteiger partial charge in [-0.25, -0.2) is 4.79 Å². The topological polar surface area (TPSA) is 89.4 Å². The van der Waals surface area contributed by atoms with Crippen LogP contribution in [-0.4, -0.2) is 34.1 Å². The van der Waals surface area contributed by atoms with Crippen LogP contribution in [-0.2, 0) is 9.53 Å². The van der Waals surface area contributed by atoms with Crippen molar-refractivity contribution < 1.29 is 19.1 Å². The van der Waals surface area contributed by atoms with E-state index in [1.165, 1.54) is 16.9 Å². The third kappa shape index (κ3) is 3.59. The third-order valence-corrected chi connectivity index (χ3v) is 3.45. The average Bonchev–Trinajstić information content (AvgIpc) is 3.06. The van der Waals surface area contributed by atoms with Crippen LogP contribution >= 0.6 is 11.6 Å². The van der Waals surface area contributed by atoms with Gasteiger partial charge in [-0.3, -0.25) is 19.7 Å². The van der Waals surface area contributed by atoms with Crippen molar-refractivity contribution in [2.24, 2.45) is 0 Å². The van der Waals surface area contributed by atoms with E-state index in [0.717, 1.165) is 0 Å². The minimum absolute atomic E-state index is 0.142. The zero-order chi connectivity index (χ0) is 16.5. The Kier molecular flexibility index (Phi) is 4.19. The summed E-state index contributed by atoms with van der Waals surface area (Å²) in [6.07, 6.45) is 2.37. The Morgan fingerprint density at radius 1 is 1.41 bits per heavy atom.